The lowest BCUT2D eigenvalue weighted by Crippen LogP contribution is -2.40. The Morgan fingerprint density at radius 1 is 0.893 bits per heavy atom. The molecule has 0 aliphatic carbocycles. The zero-order valence-electron chi connectivity index (χ0n) is 15.1. The highest BCUT2D eigenvalue weighted by atomic mass is 19.4. The molecule has 0 bridgehead atoms. The molecule has 1 atom stereocenters. The highest BCUT2D eigenvalue weighted by Crippen LogP contribution is 2.32. The monoisotopic (exact) mass is 393 g/mol. The molecule has 0 aliphatic rings. The Labute approximate surface area is 159 Å². The van der Waals surface area contributed by atoms with E-state index < -0.39 is 41.1 Å². The molecule has 0 heterocycles. The summed E-state index contributed by atoms with van der Waals surface area (Å²) in [5, 5.41) is 7.32. The minimum atomic E-state index is -4.69. The van der Waals surface area contributed by atoms with Crippen LogP contribution in [0.5, 0.6) is 0 Å². The SMILES string of the molecule is CC(=O)N[C@H](C)C(=O)Nc1ccccc1NC(=O)c1ccccc1C(F)(F)F. The number of hydrogen-bond donors (Lipinski definition) is 3. The van der Waals surface area contributed by atoms with Gasteiger partial charge in [0.25, 0.3) is 5.91 Å². The van der Waals surface area contributed by atoms with Crippen LogP contribution in [-0.4, -0.2) is 23.8 Å². The van der Waals surface area contributed by atoms with Crippen molar-refractivity contribution >= 4 is 29.1 Å². The lowest BCUT2D eigenvalue weighted by Gasteiger charge is -2.17. The second kappa shape index (κ2) is 8.55. The molecule has 0 unspecified atom stereocenters. The topological polar surface area (TPSA) is 87.3 Å². The minimum Gasteiger partial charge on any atom is -0.345 e. The number of rotatable bonds is 5. The molecule has 0 aliphatic heterocycles. The fraction of sp³-hybridized carbons (Fsp3) is 0.211. The van der Waals surface area contributed by atoms with Gasteiger partial charge in [0.15, 0.2) is 0 Å². The van der Waals surface area contributed by atoms with E-state index in [-0.39, 0.29) is 11.4 Å². The molecule has 0 spiro atoms. The van der Waals surface area contributed by atoms with Crippen LogP contribution in [-0.2, 0) is 15.8 Å². The Morgan fingerprint density at radius 3 is 2.00 bits per heavy atom. The maximum Gasteiger partial charge on any atom is 0.417 e. The largest absolute Gasteiger partial charge is 0.417 e. The molecule has 0 fully saturated rings. The summed E-state index contributed by atoms with van der Waals surface area (Å²) < 4.78 is 39.4. The summed E-state index contributed by atoms with van der Waals surface area (Å²) in [6, 6.07) is 9.61. The van der Waals surface area contributed by atoms with Gasteiger partial charge in [-0.3, -0.25) is 14.4 Å². The predicted molar refractivity (Wildman–Crippen MR) is 97.7 cm³/mol. The smallest absolute Gasteiger partial charge is 0.345 e. The average molecular weight is 393 g/mol. The fourth-order valence-electron chi connectivity index (χ4n) is 2.43. The molecular formula is C19H18F3N3O3. The van der Waals surface area contributed by atoms with Crippen molar-refractivity contribution in [1.29, 1.82) is 0 Å². The Balaban J connectivity index is 2.24. The molecule has 0 aromatic heterocycles. The van der Waals surface area contributed by atoms with Gasteiger partial charge < -0.3 is 16.0 Å². The van der Waals surface area contributed by atoms with Gasteiger partial charge in [-0.15, -0.1) is 0 Å². The van der Waals surface area contributed by atoms with Crippen LogP contribution in [0.15, 0.2) is 48.5 Å². The summed E-state index contributed by atoms with van der Waals surface area (Å²) in [5.74, 6) is -1.91. The van der Waals surface area contributed by atoms with Gasteiger partial charge in [-0.25, -0.2) is 0 Å². The summed E-state index contributed by atoms with van der Waals surface area (Å²) in [7, 11) is 0. The van der Waals surface area contributed by atoms with Gasteiger partial charge in [-0.2, -0.15) is 13.2 Å². The summed E-state index contributed by atoms with van der Waals surface area (Å²) >= 11 is 0. The van der Waals surface area contributed by atoms with E-state index in [1.807, 2.05) is 0 Å². The Bertz CT molecular complexity index is 897. The third-order valence-corrected chi connectivity index (χ3v) is 3.72. The van der Waals surface area contributed by atoms with E-state index >= 15 is 0 Å². The van der Waals surface area contributed by atoms with Crippen LogP contribution >= 0.6 is 0 Å². The van der Waals surface area contributed by atoms with Gasteiger partial charge in [-0.1, -0.05) is 24.3 Å². The molecule has 0 saturated carbocycles. The van der Waals surface area contributed by atoms with Crippen molar-refractivity contribution < 1.29 is 27.6 Å². The van der Waals surface area contributed by atoms with Gasteiger partial charge >= 0.3 is 6.18 Å². The molecule has 148 valence electrons. The van der Waals surface area contributed by atoms with E-state index in [0.29, 0.717) is 0 Å². The Kier molecular flexibility index (Phi) is 6.40. The molecule has 6 nitrogen and oxygen atoms in total. The third kappa shape index (κ3) is 5.32. The van der Waals surface area contributed by atoms with Crippen molar-refractivity contribution in [2.75, 3.05) is 10.6 Å². The number of carbonyl (C=O) groups excluding carboxylic acids is 3. The molecule has 28 heavy (non-hydrogen) atoms. The van der Waals surface area contributed by atoms with Crippen molar-refractivity contribution in [2.24, 2.45) is 0 Å². The molecule has 2 rings (SSSR count). The van der Waals surface area contributed by atoms with Crippen LogP contribution in [0.2, 0.25) is 0 Å². The molecule has 3 amide bonds. The summed E-state index contributed by atoms with van der Waals surface area (Å²) in [6.45, 7) is 2.73. The van der Waals surface area contributed by atoms with Crippen LogP contribution in [0.4, 0.5) is 24.5 Å². The minimum absolute atomic E-state index is 0.118. The van der Waals surface area contributed by atoms with Gasteiger partial charge in [0.2, 0.25) is 11.8 Å². The second-order valence-electron chi connectivity index (χ2n) is 5.95. The summed E-state index contributed by atoms with van der Waals surface area (Å²) in [6.07, 6.45) is -4.69. The molecule has 9 heteroatoms. The first-order valence-electron chi connectivity index (χ1n) is 8.24. The Hall–Kier alpha value is -3.36. The van der Waals surface area contributed by atoms with E-state index in [4.69, 9.17) is 0 Å². The standard InChI is InChI=1S/C19H18F3N3O3/c1-11(23-12(2)26)17(27)24-15-9-5-6-10-16(15)25-18(28)13-7-3-4-8-14(13)19(20,21)22/h3-11H,1-2H3,(H,23,26)(H,24,27)(H,25,28)/t11-/m1/s1. The van der Waals surface area contributed by atoms with E-state index in [0.717, 1.165) is 12.1 Å². The third-order valence-electron chi connectivity index (χ3n) is 3.72. The molecule has 2 aromatic carbocycles. The lowest BCUT2D eigenvalue weighted by atomic mass is 10.1. The van der Waals surface area contributed by atoms with E-state index in [1.54, 1.807) is 12.1 Å². The van der Waals surface area contributed by atoms with Gasteiger partial charge in [0, 0.05) is 6.92 Å². The average Bonchev–Trinajstić information content (AvgIpc) is 2.62. The van der Waals surface area contributed by atoms with Gasteiger partial charge in [0.05, 0.1) is 22.5 Å². The number of alkyl halides is 3. The van der Waals surface area contributed by atoms with Crippen molar-refractivity contribution in [2.45, 2.75) is 26.1 Å². The molecular weight excluding hydrogens is 375 g/mol. The molecule has 2 aromatic rings. The number of para-hydroxylation sites is 2. The fourth-order valence-corrected chi connectivity index (χ4v) is 2.43. The number of halogens is 3. The molecule has 3 N–H and O–H groups in total. The maximum absolute atomic E-state index is 13.1. The van der Waals surface area contributed by atoms with E-state index in [9.17, 15) is 27.6 Å². The van der Waals surface area contributed by atoms with Crippen LogP contribution < -0.4 is 16.0 Å². The van der Waals surface area contributed by atoms with Crippen molar-refractivity contribution in [1.82, 2.24) is 5.32 Å². The van der Waals surface area contributed by atoms with Gasteiger partial charge in [0.1, 0.15) is 6.04 Å². The number of carbonyl (C=O) groups is 3. The lowest BCUT2D eigenvalue weighted by molar-refractivity contribution is -0.137. The predicted octanol–water partition coefficient (Wildman–Crippen LogP) is 3.42. The summed E-state index contributed by atoms with van der Waals surface area (Å²) in [4.78, 5) is 35.6. The first-order valence-corrected chi connectivity index (χ1v) is 8.24. The maximum atomic E-state index is 13.1. The zero-order valence-corrected chi connectivity index (χ0v) is 15.1. The first-order chi connectivity index (χ1) is 13.1. The zero-order chi connectivity index (χ0) is 20.9. The van der Waals surface area contributed by atoms with Crippen molar-refractivity contribution in [3.05, 3.63) is 59.7 Å². The quantitative estimate of drug-likeness (QED) is 0.728. The number of hydrogen-bond acceptors (Lipinski definition) is 3. The molecule has 0 saturated heterocycles. The number of benzene rings is 2. The van der Waals surface area contributed by atoms with Crippen LogP contribution in [0, 0.1) is 0 Å². The summed E-state index contributed by atoms with van der Waals surface area (Å²) in [5.41, 5.74) is -1.30. The van der Waals surface area contributed by atoms with Crippen LogP contribution in [0.25, 0.3) is 0 Å². The van der Waals surface area contributed by atoms with Crippen molar-refractivity contribution in [3.8, 4) is 0 Å². The van der Waals surface area contributed by atoms with Gasteiger partial charge in [-0.05, 0) is 31.2 Å². The second-order valence-corrected chi connectivity index (χ2v) is 5.95. The van der Waals surface area contributed by atoms with E-state index in [2.05, 4.69) is 16.0 Å². The number of anilines is 2. The highest BCUT2D eigenvalue weighted by Gasteiger charge is 2.35. The Morgan fingerprint density at radius 2 is 1.43 bits per heavy atom. The normalized spacial score (nSPS) is 12.0. The van der Waals surface area contributed by atoms with E-state index in [1.165, 1.54) is 38.1 Å². The number of nitrogens with one attached hydrogen (secondary N) is 3. The van der Waals surface area contributed by atoms with Crippen LogP contribution in [0.3, 0.4) is 0 Å². The highest BCUT2D eigenvalue weighted by molar-refractivity contribution is 6.08. The van der Waals surface area contributed by atoms with Crippen LogP contribution in [0.1, 0.15) is 29.8 Å². The van der Waals surface area contributed by atoms with Crippen molar-refractivity contribution in [3.63, 3.8) is 0 Å². The first kappa shape index (κ1) is 20.9. The molecule has 0 radical (unpaired) electrons. The number of amides is 3.